The average molecular weight is 269 g/mol. The maximum Gasteiger partial charge on any atom is 0.150 e. The van der Waals surface area contributed by atoms with Crippen LogP contribution in [0.15, 0.2) is 42.7 Å². The number of hydrogen-bond acceptors (Lipinski definition) is 2. The van der Waals surface area contributed by atoms with Gasteiger partial charge in [0.15, 0.2) is 5.82 Å². The molecule has 0 aliphatic carbocycles. The number of halogens is 1. The van der Waals surface area contributed by atoms with E-state index in [1.54, 1.807) is 6.20 Å². The van der Waals surface area contributed by atoms with E-state index in [1.165, 1.54) is 6.20 Å². The lowest BCUT2D eigenvalue weighted by molar-refractivity contribution is 0.554. The summed E-state index contributed by atoms with van der Waals surface area (Å²) >= 11 is 0. The van der Waals surface area contributed by atoms with Gasteiger partial charge in [-0.3, -0.25) is 0 Å². The number of fused-ring (bicyclic) bond motifs is 1. The van der Waals surface area contributed by atoms with Gasteiger partial charge in [-0.25, -0.2) is 9.37 Å². The number of hydrogen-bond donors (Lipinski definition) is 2. The third-order valence-corrected chi connectivity index (χ3v) is 3.47. The predicted octanol–water partition coefficient (Wildman–Crippen LogP) is 3.56. The summed E-state index contributed by atoms with van der Waals surface area (Å²) in [6.07, 6.45) is 3.01. The van der Waals surface area contributed by atoms with Crippen LogP contribution in [0.4, 0.5) is 4.39 Å². The maximum atomic E-state index is 13.9. The standard InChI is InChI=1S/C16H16FN3/c1-16(2,18)11-5-3-10(4-6-11)12-7-8-19-15-14(12)13(17)9-20-15/h3-9H,18H2,1-2H3,(H,19,20). The molecule has 4 heteroatoms. The highest BCUT2D eigenvalue weighted by atomic mass is 19.1. The topological polar surface area (TPSA) is 54.7 Å². The van der Waals surface area contributed by atoms with Crippen LogP contribution in [0.5, 0.6) is 0 Å². The molecule has 2 heterocycles. The molecule has 2 aromatic heterocycles. The van der Waals surface area contributed by atoms with Crippen molar-refractivity contribution in [3.8, 4) is 11.1 Å². The molecule has 0 aliphatic heterocycles. The van der Waals surface area contributed by atoms with Gasteiger partial charge in [-0.1, -0.05) is 24.3 Å². The van der Waals surface area contributed by atoms with Crippen LogP contribution in [-0.4, -0.2) is 9.97 Å². The monoisotopic (exact) mass is 269 g/mol. The van der Waals surface area contributed by atoms with E-state index in [4.69, 9.17) is 5.73 Å². The van der Waals surface area contributed by atoms with E-state index in [1.807, 2.05) is 44.2 Å². The zero-order valence-corrected chi connectivity index (χ0v) is 11.4. The maximum absolute atomic E-state index is 13.9. The first-order valence-electron chi connectivity index (χ1n) is 6.48. The highest BCUT2D eigenvalue weighted by molar-refractivity contribution is 5.93. The Hall–Kier alpha value is -2.20. The number of nitrogens with zero attached hydrogens (tertiary/aromatic N) is 1. The van der Waals surface area contributed by atoms with Gasteiger partial charge in [-0.15, -0.1) is 0 Å². The second kappa shape index (κ2) is 4.42. The molecule has 0 bridgehead atoms. The van der Waals surface area contributed by atoms with Crippen molar-refractivity contribution in [3.63, 3.8) is 0 Å². The second-order valence-electron chi connectivity index (χ2n) is 5.52. The van der Waals surface area contributed by atoms with Crippen LogP contribution in [0.2, 0.25) is 0 Å². The Balaban J connectivity index is 2.14. The second-order valence-corrected chi connectivity index (χ2v) is 5.52. The van der Waals surface area contributed by atoms with Crippen molar-refractivity contribution in [3.05, 3.63) is 54.1 Å². The molecule has 0 saturated carbocycles. The Bertz CT molecular complexity index is 751. The Labute approximate surface area is 116 Å². The summed E-state index contributed by atoms with van der Waals surface area (Å²) in [4.78, 5) is 6.96. The fraction of sp³-hybridized carbons (Fsp3) is 0.188. The molecule has 0 amide bonds. The third kappa shape index (κ3) is 2.08. The molecule has 3 aromatic rings. The van der Waals surface area contributed by atoms with Crippen molar-refractivity contribution in [2.24, 2.45) is 5.73 Å². The summed E-state index contributed by atoms with van der Waals surface area (Å²) in [5.41, 5.74) is 9.06. The van der Waals surface area contributed by atoms with Crippen LogP contribution in [0.25, 0.3) is 22.2 Å². The zero-order valence-electron chi connectivity index (χ0n) is 11.4. The molecule has 3 rings (SSSR count). The van der Waals surface area contributed by atoms with Crippen LogP contribution in [0, 0.1) is 5.82 Å². The van der Waals surface area contributed by atoms with Gasteiger partial charge in [-0.05, 0) is 36.6 Å². The van der Waals surface area contributed by atoms with Crippen molar-refractivity contribution in [2.45, 2.75) is 19.4 Å². The van der Waals surface area contributed by atoms with Crippen LogP contribution >= 0.6 is 0 Å². The molecule has 3 N–H and O–H groups in total. The summed E-state index contributed by atoms with van der Waals surface area (Å²) in [5, 5.41) is 0.521. The quantitative estimate of drug-likeness (QED) is 0.747. The Morgan fingerprint density at radius 3 is 2.50 bits per heavy atom. The van der Waals surface area contributed by atoms with Crippen LogP contribution < -0.4 is 5.73 Å². The van der Waals surface area contributed by atoms with E-state index in [0.717, 1.165) is 16.7 Å². The van der Waals surface area contributed by atoms with Gasteiger partial charge in [0.05, 0.1) is 5.39 Å². The minimum Gasteiger partial charge on any atom is -0.343 e. The smallest absolute Gasteiger partial charge is 0.150 e. The van der Waals surface area contributed by atoms with Gasteiger partial charge in [0.2, 0.25) is 0 Å². The molecule has 102 valence electrons. The first-order valence-corrected chi connectivity index (χ1v) is 6.48. The number of aromatic nitrogens is 2. The number of H-pyrrole nitrogens is 1. The van der Waals surface area contributed by atoms with E-state index in [2.05, 4.69) is 9.97 Å². The summed E-state index contributed by atoms with van der Waals surface area (Å²) in [7, 11) is 0. The Morgan fingerprint density at radius 1 is 1.15 bits per heavy atom. The van der Waals surface area contributed by atoms with E-state index in [0.29, 0.717) is 11.0 Å². The molecule has 1 aromatic carbocycles. The lowest BCUT2D eigenvalue weighted by atomic mass is 9.93. The SMILES string of the molecule is CC(C)(N)c1ccc(-c2ccnc3[nH]cc(F)c23)cc1. The van der Waals surface area contributed by atoms with Gasteiger partial charge in [0.1, 0.15) is 5.65 Å². The molecule has 0 fully saturated rings. The van der Waals surface area contributed by atoms with Crippen LogP contribution in [-0.2, 0) is 5.54 Å². The molecule has 0 unspecified atom stereocenters. The zero-order chi connectivity index (χ0) is 14.3. The van der Waals surface area contributed by atoms with Crippen molar-refractivity contribution in [2.75, 3.05) is 0 Å². The summed E-state index contributed by atoms with van der Waals surface area (Å²) in [6.45, 7) is 3.91. The minimum absolute atomic E-state index is 0.286. The van der Waals surface area contributed by atoms with Crippen molar-refractivity contribution in [1.29, 1.82) is 0 Å². The molecule has 3 nitrogen and oxygen atoms in total. The predicted molar refractivity (Wildman–Crippen MR) is 78.7 cm³/mol. The highest BCUT2D eigenvalue weighted by Gasteiger charge is 2.15. The molecule has 0 spiro atoms. The molecule has 0 saturated heterocycles. The fourth-order valence-corrected chi connectivity index (χ4v) is 2.34. The fourth-order valence-electron chi connectivity index (χ4n) is 2.34. The molecule has 0 atom stereocenters. The van der Waals surface area contributed by atoms with Crippen molar-refractivity contribution in [1.82, 2.24) is 9.97 Å². The normalized spacial score (nSPS) is 12.0. The summed E-state index contributed by atoms with van der Waals surface area (Å²) < 4.78 is 13.9. The van der Waals surface area contributed by atoms with Gasteiger partial charge >= 0.3 is 0 Å². The van der Waals surface area contributed by atoms with Crippen molar-refractivity contribution >= 4 is 11.0 Å². The lowest BCUT2D eigenvalue weighted by Crippen LogP contribution is -2.28. The number of nitrogens with two attached hydrogens (primary N) is 1. The lowest BCUT2D eigenvalue weighted by Gasteiger charge is -2.19. The number of pyridine rings is 1. The number of rotatable bonds is 2. The first kappa shape index (κ1) is 12.8. The number of aromatic amines is 1. The molecular weight excluding hydrogens is 253 g/mol. The van der Waals surface area contributed by atoms with E-state index in [9.17, 15) is 4.39 Å². The number of nitrogens with one attached hydrogen (secondary N) is 1. The summed E-state index contributed by atoms with van der Waals surface area (Å²) in [5.74, 6) is -0.286. The van der Waals surface area contributed by atoms with Gasteiger partial charge < -0.3 is 10.7 Å². The van der Waals surface area contributed by atoms with E-state index >= 15 is 0 Å². The highest BCUT2D eigenvalue weighted by Crippen LogP contribution is 2.30. The molecule has 20 heavy (non-hydrogen) atoms. The average Bonchev–Trinajstić information content (AvgIpc) is 2.80. The third-order valence-electron chi connectivity index (χ3n) is 3.47. The van der Waals surface area contributed by atoms with Crippen LogP contribution in [0.1, 0.15) is 19.4 Å². The van der Waals surface area contributed by atoms with E-state index in [-0.39, 0.29) is 11.4 Å². The number of benzene rings is 1. The van der Waals surface area contributed by atoms with Gasteiger partial charge in [0.25, 0.3) is 0 Å². The summed E-state index contributed by atoms with van der Waals surface area (Å²) in [6, 6.07) is 9.70. The molecule has 0 aliphatic rings. The Morgan fingerprint density at radius 2 is 1.85 bits per heavy atom. The molecule has 0 radical (unpaired) electrons. The van der Waals surface area contributed by atoms with Gasteiger partial charge in [0, 0.05) is 17.9 Å². The Kier molecular flexibility index (Phi) is 2.83. The minimum atomic E-state index is -0.384. The van der Waals surface area contributed by atoms with Crippen molar-refractivity contribution < 1.29 is 4.39 Å². The van der Waals surface area contributed by atoms with E-state index < -0.39 is 0 Å². The van der Waals surface area contributed by atoms with Crippen LogP contribution in [0.3, 0.4) is 0 Å². The van der Waals surface area contributed by atoms with Gasteiger partial charge in [-0.2, -0.15) is 0 Å². The molecular formula is C16H16FN3. The largest absolute Gasteiger partial charge is 0.343 e. The first-order chi connectivity index (χ1) is 9.47.